The van der Waals surface area contributed by atoms with Gasteiger partial charge in [0.05, 0.1) is 5.69 Å². The average molecular weight is 284 g/mol. The quantitative estimate of drug-likeness (QED) is 0.809. The van der Waals surface area contributed by atoms with Crippen LogP contribution in [0.1, 0.15) is 33.6 Å². The Morgan fingerprint density at radius 3 is 2.48 bits per heavy atom. The molecule has 0 unspecified atom stereocenters. The predicted octanol–water partition coefficient (Wildman–Crippen LogP) is 4.57. The summed E-state index contributed by atoms with van der Waals surface area (Å²) in [5.74, 6) is -0.0544. The topological polar surface area (TPSA) is 62.0 Å². The second-order valence-corrected chi connectivity index (χ2v) is 6.74. The molecule has 3 rings (SSSR count). The molecular weight excluding hydrogens is 264 g/mol. The minimum atomic E-state index is -0.392. The molecule has 2 aliphatic carbocycles. The number of benzene rings is 1. The van der Waals surface area contributed by atoms with E-state index in [-0.39, 0.29) is 28.6 Å². The van der Waals surface area contributed by atoms with Crippen LogP contribution in [0.2, 0.25) is 0 Å². The summed E-state index contributed by atoms with van der Waals surface area (Å²) in [5, 5.41) is 18.8. The van der Waals surface area contributed by atoms with Gasteiger partial charge in [-0.3, -0.25) is 4.79 Å². The van der Waals surface area contributed by atoms with Gasteiger partial charge in [-0.2, -0.15) is 5.11 Å². The molecular formula is C17H20N2O2. The van der Waals surface area contributed by atoms with Crippen LogP contribution in [-0.4, -0.2) is 10.9 Å². The minimum absolute atomic E-state index is 0.0767. The number of nitrogens with zero attached hydrogens (tertiary/aromatic N) is 2. The lowest BCUT2D eigenvalue weighted by atomic mass is 9.60. The van der Waals surface area contributed by atoms with Crippen molar-refractivity contribution < 1.29 is 9.90 Å². The zero-order chi connectivity index (χ0) is 15.3. The van der Waals surface area contributed by atoms with Crippen molar-refractivity contribution in [2.45, 2.75) is 33.6 Å². The van der Waals surface area contributed by atoms with Gasteiger partial charge in [-0.1, -0.05) is 39.0 Å². The number of allylic oxidation sites excluding steroid dienone is 2. The molecule has 4 heteroatoms. The zero-order valence-corrected chi connectivity index (χ0v) is 12.6. The first-order chi connectivity index (χ1) is 9.88. The van der Waals surface area contributed by atoms with E-state index in [2.05, 4.69) is 24.1 Å². The molecule has 1 saturated carbocycles. The van der Waals surface area contributed by atoms with Crippen molar-refractivity contribution in [2.75, 3.05) is 0 Å². The molecule has 0 amide bonds. The second-order valence-electron chi connectivity index (χ2n) is 6.74. The Labute approximate surface area is 124 Å². The fraction of sp³-hybridized carbons (Fsp3) is 0.471. The van der Waals surface area contributed by atoms with Crippen LogP contribution in [0.4, 0.5) is 5.69 Å². The molecule has 1 aromatic carbocycles. The van der Waals surface area contributed by atoms with Gasteiger partial charge in [-0.15, -0.1) is 5.11 Å². The van der Waals surface area contributed by atoms with Crippen molar-refractivity contribution >= 4 is 11.5 Å². The molecule has 0 aliphatic heterocycles. The molecule has 0 heterocycles. The number of fused-ring (bicyclic) bond motifs is 2. The standard InChI is InChI=1S/C17H20N2O2/c1-16(2)12-9-10-17(16,3)15(21)13(14(12)20)19-18-11-7-5-4-6-8-11/h4-8,12,21H,9-10H2,1-3H3/t12-,17-/m1/s1. The first-order valence-electron chi connectivity index (χ1n) is 7.32. The number of azo groups is 1. The average Bonchev–Trinajstić information content (AvgIpc) is 2.65. The summed E-state index contributed by atoms with van der Waals surface area (Å²) < 4.78 is 0. The number of hydrogen-bond acceptors (Lipinski definition) is 4. The highest BCUT2D eigenvalue weighted by Crippen LogP contribution is 2.63. The first-order valence-corrected chi connectivity index (χ1v) is 7.32. The van der Waals surface area contributed by atoms with E-state index in [1.54, 1.807) is 0 Å². The van der Waals surface area contributed by atoms with Crippen LogP contribution in [0.15, 0.2) is 52.0 Å². The van der Waals surface area contributed by atoms with Crippen LogP contribution in [0.3, 0.4) is 0 Å². The minimum Gasteiger partial charge on any atom is -0.509 e. The van der Waals surface area contributed by atoms with Gasteiger partial charge in [0.25, 0.3) is 0 Å². The molecule has 0 spiro atoms. The lowest BCUT2D eigenvalue weighted by Gasteiger charge is -2.44. The fourth-order valence-corrected chi connectivity index (χ4v) is 3.63. The van der Waals surface area contributed by atoms with Crippen LogP contribution >= 0.6 is 0 Å². The number of aliphatic hydroxyl groups is 1. The number of ketones is 1. The zero-order valence-electron chi connectivity index (χ0n) is 12.6. The first kappa shape index (κ1) is 14.0. The molecule has 2 bridgehead atoms. The van der Waals surface area contributed by atoms with E-state index >= 15 is 0 Å². The van der Waals surface area contributed by atoms with E-state index < -0.39 is 5.41 Å². The summed E-state index contributed by atoms with van der Waals surface area (Å²) in [5.41, 5.74) is 0.187. The van der Waals surface area contributed by atoms with Crippen molar-refractivity contribution in [3.8, 4) is 0 Å². The smallest absolute Gasteiger partial charge is 0.190 e. The van der Waals surface area contributed by atoms with Crippen LogP contribution < -0.4 is 0 Å². The number of carbonyl (C=O) groups is 1. The van der Waals surface area contributed by atoms with Gasteiger partial charge < -0.3 is 5.11 Å². The van der Waals surface area contributed by atoms with Gasteiger partial charge >= 0.3 is 0 Å². The molecule has 1 aromatic rings. The Balaban J connectivity index is 2.03. The van der Waals surface area contributed by atoms with E-state index in [9.17, 15) is 9.90 Å². The Bertz CT molecular complexity index is 646. The van der Waals surface area contributed by atoms with Crippen molar-refractivity contribution in [1.82, 2.24) is 0 Å². The molecule has 2 atom stereocenters. The maximum Gasteiger partial charge on any atom is 0.190 e. The summed E-state index contributed by atoms with van der Waals surface area (Å²) >= 11 is 0. The lowest BCUT2D eigenvalue weighted by molar-refractivity contribution is -0.125. The largest absolute Gasteiger partial charge is 0.509 e. The molecule has 1 fully saturated rings. The normalized spacial score (nSPS) is 31.2. The third-order valence-electron chi connectivity index (χ3n) is 5.54. The molecule has 4 nitrogen and oxygen atoms in total. The Morgan fingerprint density at radius 1 is 1.14 bits per heavy atom. The number of Topliss-reactive ketones (excluding diaryl/α,β-unsaturated/α-hetero) is 1. The summed E-state index contributed by atoms with van der Waals surface area (Å²) in [6.45, 7) is 6.14. The Morgan fingerprint density at radius 2 is 1.81 bits per heavy atom. The maximum atomic E-state index is 12.6. The molecule has 21 heavy (non-hydrogen) atoms. The summed E-state index contributed by atoms with van der Waals surface area (Å²) in [6.07, 6.45) is 1.61. The van der Waals surface area contributed by atoms with E-state index in [1.165, 1.54) is 0 Å². The SMILES string of the molecule is CC1(C)[C@@H]2CC[C@]1(C)C(O)=C(N=Nc1ccccc1)C2=O. The van der Waals surface area contributed by atoms with E-state index in [0.717, 1.165) is 12.8 Å². The fourth-order valence-electron chi connectivity index (χ4n) is 3.63. The summed E-state index contributed by atoms with van der Waals surface area (Å²) in [7, 11) is 0. The highest BCUT2D eigenvalue weighted by molar-refractivity contribution is 5.99. The maximum absolute atomic E-state index is 12.6. The third-order valence-corrected chi connectivity index (χ3v) is 5.54. The van der Waals surface area contributed by atoms with Crippen molar-refractivity contribution in [2.24, 2.45) is 27.0 Å². The second kappa shape index (κ2) is 4.52. The Hall–Kier alpha value is -1.97. The van der Waals surface area contributed by atoms with E-state index in [0.29, 0.717) is 5.69 Å². The lowest BCUT2D eigenvalue weighted by Crippen LogP contribution is -2.43. The predicted molar refractivity (Wildman–Crippen MR) is 80.2 cm³/mol. The number of carbonyl (C=O) groups excluding carboxylic acids is 1. The van der Waals surface area contributed by atoms with E-state index in [1.807, 2.05) is 37.3 Å². The third kappa shape index (κ3) is 1.85. The van der Waals surface area contributed by atoms with Crippen molar-refractivity contribution in [1.29, 1.82) is 0 Å². The molecule has 0 aromatic heterocycles. The van der Waals surface area contributed by atoms with Crippen molar-refractivity contribution in [3.05, 3.63) is 41.8 Å². The van der Waals surface area contributed by atoms with Gasteiger partial charge in [0.2, 0.25) is 0 Å². The molecule has 0 radical (unpaired) electrons. The molecule has 110 valence electrons. The van der Waals surface area contributed by atoms with Crippen LogP contribution in [0.25, 0.3) is 0 Å². The highest BCUT2D eigenvalue weighted by atomic mass is 16.3. The van der Waals surface area contributed by atoms with E-state index in [4.69, 9.17) is 0 Å². The summed E-state index contributed by atoms with van der Waals surface area (Å²) in [6, 6.07) is 9.24. The van der Waals surface area contributed by atoms with Crippen molar-refractivity contribution in [3.63, 3.8) is 0 Å². The molecule has 1 N–H and O–H groups in total. The van der Waals surface area contributed by atoms with Gasteiger partial charge in [0, 0.05) is 11.3 Å². The van der Waals surface area contributed by atoms with Crippen LogP contribution in [-0.2, 0) is 4.79 Å². The van der Waals surface area contributed by atoms with Gasteiger partial charge in [-0.05, 0) is 30.4 Å². The number of hydrogen-bond donors (Lipinski definition) is 1. The summed E-state index contributed by atoms with van der Waals surface area (Å²) in [4.78, 5) is 12.6. The molecule has 2 aliphatic rings. The van der Waals surface area contributed by atoms with Gasteiger partial charge in [0.15, 0.2) is 11.5 Å². The number of aliphatic hydroxyl groups excluding tert-OH is 1. The monoisotopic (exact) mass is 284 g/mol. The number of rotatable bonds is 2. The highest BCUT2D eigenvalue weighted by Gasteiger charge is 2.61. The van der Waals surface area contributed by atoms with Gasteiger partial charge in [-0.25, -0.2) is 0 Å². The Kier molecular flexibility index (Phi) is 3.01. The molecule has 0 saturated heterocycles. The van der Waals surface area contributed by atoms with Gasteiger partial charge in [0.1, 0.15) is 5.76 Å². The van der Waals surface area contributed by atoms with Crippen LogP contribution in [0.5, 0.6) is 0 Å². The van der Waals surface area contributed by atoms with Crippen LogP contribution in [0, 0.1) is 16.7 Å².